The molecule has 0 saturated heterocycles. The fourth-order valence-electron chi connectivity index (χ4n) is 4.55. The lowest BCUT2D eigenvalue weighted by atomic mass is 9.91. The van der Waals surface area contributed by atoms with Crippen LogP contribution in [0.1, 0.15) is 36.5 Å². The van der Waals surface area contributed by atoms with Crippen molar-refractivity contribution in [2.45, 2.75) is 31.8 Å². The first-order valence-corrected chi connectivity index (χ1v) is 11.9. The number of hydrogen-bond donors (Lipinski definition) is 0. The molecule has 0 aromatic heterocycles. The van der Waals surface area contributed by atoms with E-state index in [1.165, 1.54) is 5.01 Å². The van der Waals surface area contributed by atoms with E-state index in [2.05, 4.69) is 13.8 Å². The molecule has 0 N–H and O–H groups in total. The number of hydrazone groups is 1. The van der Waals surface area contributed by atoms with Crippen LogP contribution < -0.4 is 9.64 Å². The third-order valence-electron chi connectivity index (χ3n) is 6.27. The highest BCUT2D eigenvalue weighted by atomic mass is 35.5. The van der Waals surface area contributed by atoms with Crippen LogP contribution in [0.4, 0.5) is 10.5 Å². The van der Waals surface area contributed by atoms with Crippen LogP contribution in [0.2, 0.25) is 10.0 Å². The Morgan fingerprint density at radius 2 is 1.68 bits per heavy atom. The number of carbonyl (C=O) groups excluding carboxylic acids is 1. The Hall–Kier alpha value is -3.02. The lowest BCUT2D eigenvalue weighted by molar-refractivity contribution is 0.138. The van der Waals surface area contributed by atoms with E-state index in [1.54, 1.807) is 11.9 Å². The molecule has 0 aliphatic carbocycles. The third-order valence-corrected chi connectivity index (χ3v) is 6.77. The van der Waals surface area contributed by atoms with Crippen molar-refractivity contribution < 1.29 is 9.53 Å². The first-order valence-electron chi connectivity index (χ1n) is 11.2. The maximum atomic E-state index is 13.5. The van der Waals surface area contributed by atoms with Gasteiger partial charge < -0.3 is 4.74 Å². The minimum atomic E-state index is -0.234. The summed E-state index contributed by atoms with van der Waals surface area (Å²) in [4.78, 5) is 15.1. The smallest absolute Gasteiger partial charge is 0.344 e. The quantitative estimate of drug-likeness (QED) is 0.404. The fourth-order valence-corrected chi connectivity index (χ4v) is 4.80. The van der Waals surface area contributed by atoms with E-state index in [1.807, 2.05) is 66.7 Å². The maximum absolute atomic E-state index is 13.5. The molecule has 34 heavy (non-hydrogen) atoms. The average molecular weight is 494 g/mol. The lowest BCUT2D eigenvalue weighted by Crippen LogP contribution is -2.37. The predicted molar refractivity (Wildman–Crippen MR) is 138 cm³/mol. The van der Waals surface area contributed by atoms with Gasteiger partial charge in [-0.2, -0.15) is 5.10 Å². The van der Waals surface area contributed by atoms with Gasteiger partial charge in [-0.1, -0.05) is 47.5 Å². The highest BCUT2D eigenvalue weighted by Crippen LogP contribution is 2.37. The maximum Gasteiger partial charge on any atom is 0.344 e. The Morgan fingerprint density at radius 1 is 1.03 bits per heavy atom. The molecule has 3 aromatic rings. The van der Waals surface area contributed by atoms with Gasteiger partial charge in [0.1, 0.15) is 11.4 Å². The number of anilines is 1. The van der Waals surface area contributed by atoms with Gasteiger partial charge in [-0.3, -0.25) is 4.90 Å². The molecule has 0 spiro atoms. The van der Waals surface area contributed by atoms with Crippen LogP contribution in [-0.2, 0) is 6.42 Å². The molecule has 2 aliphatic rings. The van der Waals surface area contributed by atoms with Gasteiger partial charge in [-0.15, -0.1) is 0 Å². The molecule has 2 heterocycles. The van der Waals surface area contributed by atoms with Crippen molar-refractivity contribution >= 4 is 40.6 Å². The Labute approximate surface area is 209 Å². The van der Waals surface area contributed by atoms with Gasteiger partial charge in [0.25, 0.3) is 0 Å². The predicted octanol–water partition coefficient (Wildman–Crippen LogP) is 6.77. The van der Waals surface area contributed by atoms with Crippen LogP contribution >= 0.6 is 23.2 Å². The van der Waals surface area contributed by atoms with Crippen molar-refractivity contribution in [3.8, 4) is 5.75 Å². The van der Waals surface area contributed by atoms with Gasteiger partial charge in [0.05, 0.1) is 12.3 Å². The number of halogens is 2. The van der Waals surface area contributed by atoms with Gasteiger partial charge in [-0.25, -0.2) is 9.80 Å². The molecule has 5 rings (SSSR count). The second kappa shape index (κ2) is 8.64. The summed E-state index contributed by atoms with van der Waals surface area (Å²) in [5.41, 5.74) is 4.48. The van der Waals surface area contributed by atoms with E-state index >= 15 is 0 Å². The summed E-state index contributed by atoms with van der Waals surface area (Å²) in [6.45, 7) is 4.56. The Bertz CT molecular complexity index is 1270. The minimum absolute atomic E-state index is 0.0787. The SMILES string of the molecule is CN(C(=O)N1CC(c2ccc(Cl)cc2)C(c2ccc(Cl)cc2)=N1)c1ccc2c(c1)CC(C)(C)O2. The molecule has 2 amide bonds. The molecule has 1 unspecified atom stereocenters. The Morgan fingerprint density at radius 3 is 2.35 bits per heavy atom. The first-order chi connectivity index (χ1) is 16.2. The van der Waals surface area contributed by atoms with Crippen LogP contribution in [-0.4, -0.2) is 35.9 Å². The summed E-state index contributed by atoms with van der Waals surface area (Å²) in [7, 11) is 1.78. The first kappa shape index (κ1) is 22.8. The standard InChI is InChI=1S/C27H25Cl2N3O2/c1-27(2)15-19-14-22(12-13-24(19)34-27)31(3)26(33)32-16-23(17-4-8-20(28)9-5-17)25(30-32)18-6-10-21(29)11-7-18/h4-14,23H,15-16H2,1-3H3. The molecular formula is C27H25Cl2N3O2. The topological polar surface area (TPSA) is 45.1 Å². The summed E-state index contributed by atoms with van der Waals surface area (Å²) in [6.07, 6.45) is 0.805. The number of fused-ring (bicyclic) bond motifs is 1. The largest absolute Gasteiger partial charge is 0.487 e. The Balaban J connectivity index is 1.44. The normalized spacial score (nSPS) is 18.3. The van der Waals surface area contributed by atoms with Gasteiger partial charge in [0.2, 0.25) is 0 Å². The van der Waals surface area contributed by atoms with E-state index in [0.29, 0.717) is 16.6 Å². The summed E-state index contributed by atoms with van der Waals surface area (Å²) < 4.78 is 5.98. The lowest BCUT2D eigenvalue weighted by Gasteiger charge is -2.23. The van der Waals surface area contributed by atoms with Crippen molar-refractivity contribution in [2.75, 3.05) is 18.5 Å². The summed E-state index contributed by atoms with van der Waals surface area (Å²) in [6, 6.07) is 20.9. The fraction of sp³-hybridized carbons (Fsp3) is 0.259. The number of benzene rings is 3. The minimum Gasteiger partial charge on any atom is -0.487 e. The zero-order valence-electron chi connectivity index (χ0n) is 19.3. The van der Waals surface area contributed by atoms with E-state index in [-0.39, 0.29) is 17.6 Å². The average Bonchev–Trinajstić information content (AvgIpc) is 3.38. The molecule has 7 heteroatoms. The monoisotopic (exact) mass is 493 g/mol. The van der Waals surface area contributed by atoms with Crippen LogP contribution in [0.25, 0.3) is 0 Å². The molecule has 5 nitrogen and oxygen atoms in total. The highest BCUT2D eigenvalue weighted by Gasteiger charge is 2.35. The van der Waals surface area contributed by atoms with Crippen molar-refractivity contribution in [1.82, 2.24) is 5.01 Å². The van der Waals surface area contributed by atoms with Crippen molar-refractivity contribution in [3.05, 3.63) is 93.5 Å². The van der Waals surface area contributed by atoms with Crippen molar-refractivity contribution in [1.29, 1.82) is 0 Å². The highest BCUT2D eigenvalue weighted by molar-refractivity contribution is 6.31. The van der Waals surface area contributed by atoms with Gasteiger partial charge >= 0.3 is 6.03 Å². The molecule has 2 aliphatic heterocycles. The van der Waals surface area contributed by atoms with Crippen LogP contribution in [0.3, 0.4) is 0 Å². The zero-order chi connectivity index (χ0) is 24.0. The number of ether oxygens (including phenoxy) is 1. The van der Waals surface area contributed by atoms with Crippen LogP contribution in [0.5, 0.6) is 5.75 Å². The summed E-state index contributed by atoms with van der Waals surface area (Å²) in [5, 5.41) is 7.63. The number of carbonyl (C=O) groups is 1. The van der Waals surface area contributed by atoms with E-state index < -0.39 is 0 Å². The molecule has 1 atom stereocenters. The van der Waals surface area contributed by atoms with Crippen molar-refractivity contribution in [2.24, 2.45) is 5.10 Å². The molecule has 3 aromatic carbocycles. The number of nitrogens with zero attached hydrogens (tertiary/aromatic N) is 3. The van der Waals surface area contributed by atoms with E-state index in [4.69, 9.17) is 33.0 Å². The molecular weight excluding hydrogens is 469 g/mol. The number of amides is 2. The zero-order valence-corrected chi connectivity index (χ0v) is 20.8. The molecule has 0 fully saturated rings. The molecule has 0 radical (unpaired) electrons. The number of rotatable bonds is 3. The van der Waals surface area contributed by atoms with Crippen molar-refractivity contribution in [3.63, 3.8) is 0 Å². The second-order valence-electron chi connectivity index (χ2n) is 9.35. The summed E-state index contributed by atoms with van der Waals surface area (Å²) >= 11 is 12.2. The number of urea groups is 1. The number of hydrogen-bond acceptors (Lipinski definition) is 3. The van der Waals surface area contributed by atoms with Gasteiger partial charge in [0, 0.05) is 40.7 Å². The van der Waals surface area contributed by atoms with Crippen LogP contribution in [0, 0.1) is 0 Å². The van der Waals surface area contributed by atoms with Gasteiger partial charge in [-0.05, 0) is 67.4 Å². The molecule has 0 saturated carbocycles. The van der Waals surface area contributed by atoms with E-state index in [0.717, 1.165) is 40.3 Å². The summed E-state index contributed by atoms with van der Waals surface area (Å²) in [5.74, 6) is 0.798. The van der Waals surface area contributed by atoms with Gasteiger partial charge in [0.15, 0.2) is 0 Å². The van der Waals surface area contributed by atoms with E-state index in [9.17, 15) is 4.79 Å². The molecule has 174 valence electrons. The third kappa shape index (κ3) is 4.38. The molecule has 0 bridgehead atoms. The Kier molecular flexibility index (Phi) is 5.78. The second-order valence-corrected chi connectivity index (χ2v) is 10.2. The van der Waals surface area contributed by atoms with Crippen LogP contribution in [0.15, 0.2) is 71.8 Å².